The fourth-order valence-electron chi connectivity index (χ4n) is 2.57. The lowest BCUT2D eigenvalue weighted by Crippen LogP contribution is -2.42. The van der Waals surface area contributed by atoms with Crippen LogP contribution in [0.1, 0.15) is 46.5 Å². The molecule has 1 fully saturated rings. The van der Waals surface area contributed by atoms with E-state index >= 15 is 0 Å². The van der Waals surface area contributed by atoms with Crippen molar-refractivity contribution in [3.8, 4) is 0 Å². The number of amides is 1. The molecule has 0 spiro atoms. The average Bonchev–Trinajstić information content (AvgIpc) is 2.24. The van der Waals surface area contributed by atoms with Crippen LogP contribution in [0.3, 0.4) is 0 Å². The van der Waals surface area contributed by atoms with Crippen LogP contribution in [0.4, 0.5) is 4.79 Å². The number of hydrogen-bond acceptors (Lipinski definition) is 5. The van der Waals surface area contributed by atoms with Crippen molar-refractivity contribution in [3.05, 3.63) is 0 Å². The highest BCUT2D eigenvalue weighted by Crippen LogP contribution is 2.27. The maximum Gasteiger partial charge on any atom is 0.407 e. The first-order valence-electron chi connectivity index (χ1n) is 7.31. The second-order valence-corrected chi connectivity index (χ2v) is 9.10. The van der Waals surface area contributed by atoms with E-state index < -0.39 is 27.6 Å². The predicted molar refractivity (Wildman–Crippen MR) is 80.8 cm³/mol. The molecule has 0 aromatic heterocycles. The molecular weight excluding hydrogens is 294 g/mol. The Hall–Kier alpha value is -0.820. The van der Waals surface area contributed by atoms with Crippen LogP contribution in [0, 0.1) is 5.92 Å². The summed E-state index contributed by atoms with van der Waals surface area (Å²) in [6.45, 7) is 5.43. The Morgan fingerprint density at radius 2 is 1.81 bits per heavy atom. The van der Waals surface area contributed by atoms with Gasteiger partial charge in [0, 0.05) is 12.3 Å². The molecule has 0 saturated heterocycles. The number of hydrogen-bond donors (Lipinski definition) is 2. The van der Waals surface area contributed by atoms with Gasteiger partial charge in [-0.25, -0.2) is 13.2 Å². The van der Waals surface area contributed by atoms with Gasteiger partial charge in [0.2, 0.25) is 0 Å². The minimum atomic E-state index is -3.17. The zero-order valence-electron chi connectivity index (χ0n) is 13.3. The van der Waals surface area contributed by atoms with Crippen molar-refractivity contribution in [3.63, 3.8) is 0 Å². The Labute approximate surface area is 127 Å². The highest BCUT2D eigenvalue weighted by atomic mass is 32.2. The molecule has 6 nitrogen and oxygen atoms in total. The van der Waals surface area contributed by atoms with Crippen molar-refractivity contribution < 1.29 is 23.1 Å². The van der Waals surface area contributed by atoms with E-state index in [2.05, 4.69) is 5.32 Å². The zero-order chi connectivity index (χ0) is 16.3. The quantitative estimate of drug-likeness (QED) is 0.818. The van der Waals surface area contributed by atoms with Gasteiger partial charge < -0.3 is 15.2 Å². The van der Waals surface area contributed by atoms with Crippen LogP contribution >= 0.6 is 0 Å². The Kier molecular flexibility index (Phi) is 6.04. The predicted octanol–water partition coefficient (Wildman–Crippen LogP) is 1.48. The normalized spacial score (nSPS) is 25.2. The van der Waals surface area contributed by atoms with Gasteiger partial charge in [0.25, 0.3) is 0 Å². The fourth-order valence-corrected chi connectivity index (χ4v) is 3.46. The van der Waals surface area contributed by atoms with Crippen molar-refractivity contribution in [2.45, 2.75) is 64.2 Å². The molecule has 7 heteroatoms. The first kappa shape index (κ1) is 18.2. The molecule has 1 amide bonds. The third-order valence-corrected chi connectivity index (χ3v) is 4.46. The highest BCUT2D eigenvalue weighted by molar-refractivity contribution is 7.90. The van der Waals surface area contributed by atoms with Crippen molar-refractivity contribution in [1.29, 1.82) is 0 Å². The second-order valence-electron chi connectivity index (χ2n) is 6.92. The number of nitrogens with one attached hydrogen (secondary N) is 1. The minimum Gasteiger partial charge on any atom is -0.444 e. The maximum atomic E-state index is 11.7. The monoisotopic (exact) mass is 321 g/mol. The lowest BCUT2D eigenvalue weighted by Gasteiger charge is -2.32. The van der Waals surface area contributed by atoms with Gasteiger partial charge in [0.15, 0.2) is 0 Å². The summed E-state index contributed by atoms with van der Waals surface area (Å²) in [5.74, 6) is -0.210. The first-order valence-corrected chi connectivity index (χ1v) is 9.37. The molecule has 1 aliphatic rings. The van der Waals surface area contributed by atoms with Crippen LogP contribution in [-0.2, 0) is 14.6 Å². The van der Waals surface area contributed by atoms with Crippen molar-refractivity contribution in [1.82, 2.24) is 5.32 Å². The van der Waals surface area contributed by atoms with Gasteiger partial charge in [-0.15, -0.1) is 0 Å². The van der Waals surface area contributed by atoms with Gasteiger partial charge in [0.1, 0.15) is 15.4 Å². The summed E-state index contributed by atoms with van der Waals surface area (Å²) in [5.41, 5.74) is -0.521. The summed E-state index contributed by atoms with van der Waals surface area (Å²) in [6, 6.07) is 0.0292. The van der Waals surface area contributed by atoms with E-state index in [1.54, 1.807) is 0 Å². The Balaban J connectivity index is 2.37. The molecule has 1 rings (SSSR count). The SMILES string of the molecule is CC(C)(C)OC(=O)NC1CCC(C(O)CS(C)(=O)=O)CC1. The topological polar surface area (TPSA) is 92.7 Å². The molecule has 1 aliphatic carbocycles. The number of alkyl carbamates (subject to hydrolysis) is 1. The standard InChI is InChI=1S/C14H27NO5S/c1-14(2,3)20-13(17)15-11-7-5-10(6-8-11)12(16)9-21(4,18)19/h10-12,16H,5-9H2,1-4H3,(H,15,17). The third kappa shape index (κ3) is 7.66. The molecule has 124 valence electrons. The van der Waals surface area contributed by atoms with E-state index in [0.29, 0.717) is 12.8 Å². The minimum absolute atomic E-state index is 0.0172. The average molecular weight is 321 g/mol. The molecule has 21 heavy (non-hydrogen) atoms. The van der Waals surface area contributed by atoms with Gasteiger partial charge in [-0.1, -0.05) is 0 Å². The molecule has 2 N–H and O–H groups in total. The molecule has 1 unspecified atom stereocenters. The number of sulfone groups is 1. The fraction of sp³-hybridized carbons (Fsp3) is 0.929. The molecule has 0 heterocycles. The molecule has 0 aromatic carbocycles. The number of aliphatic hydroxyl groups excluding tert-OH is 1. The number of ether oxygens (including phenoxy) is 1. The summed E-state index contributed by atoms with van der Waals surface area (Å²) in [6.07, 6.45) is 2.75. The molecule has 1 saturated carbocycles. The summed E-state index contributed by atoms with van der Waals surface area (Å²) < 4.78 is 27.6. The molecule has 1 atom stereocenters. The van der Waals surface area contributed by atoms with Crippen LogP contribution in [0.15, 0.2) is 0 Å². The molecule has 0 aromatic rings. The lowest BCUT2D eigenvalue weighted by molar-refractivity contribution is 0.0464. The van der Waals surface area contributed by atoms with E-state index in [9.17, 15) is 18.3 Å². The smallest absolute Gasteiger partial charge is 0.407 e. The zero-order valence-corrected chi connectivity index (χ0v) is 14.1. The van der Waals surface area contributed by atoms with Crippen molar-refractivity contribution in [2.75, 3.05) is 12.0 Å². The van der Waals surface area contributed by atoms with E-state index in [4.69, 9.17) is 4.74 Å². The number of aliphatic hydroxyl groups is 1. The van der Waals surface area contributed by atoms with E-state index in [-0.39, 0.29) is 17.7 Å². The second kappa shape index (κ2) is 6.96. The summed E-state index contributed by atoms with van der Waals surface area (Å²) >= 11 is 0. The van der Waals surface area contributed by atoms with Crippen LogP contribution in [0.2, 0.25) is 0 Å². The van der Waals surface area contributed by atoms with Gasteiger partial charge in [-0.2, -0.15) is 0 Å². The van der Waals surface area contributed by atoms with Crippen LogP contribution in [0.5, 0.6) is 0 Å². The van der Waals surface area contributed by atoms with E-state index in [1.807, 2.05) is 20.8 Å². The van der Waals surface area contributed by atoms with Gasteiger partial charge in [-0.3, -0.25) is 0 Å². The summed E-state index contributed by atoms with van der Waals surface area (Å²) in [4.78, 5) is 11.7. The van der Waals surface area contributed by atoms with Gasteiger partial charge >= 0.3 is 6.09 Å². The van der Waals surface area contributed by atoms with Crippen molar-refractivity contribution in [2.24, 2.45) is 5.92 Å². The van der Waals surface area contributed by atoms with Crippen LogP contribution in [0.25, 0.3) is 0 Å². The lowest BCUT2D eigenvalue weighted by atomic mass is 9.83. The first-order chi connectivity index (χ1) is 9.46. The number of carbonyl (C=O) groups is 1. The van der Waals surface area contributed by atoms with Crippen LogP contribution < -0.4 is 5.32 Å². The highest BCUT2D eigenvalue weighted by Gasteiger charge is 2.29. The Morgan fingerprint density at radius 1 is 1.29 bits per heavy atom. The Morgan fingerprint density at radius 3 is 2.24 bits per heavy atom. The molecular formula is C14H27NO5S. The van der Waals surface area contributed by atoms with Gasteiger partial charge in [-0.05, 0) is 52.4 Å². The largest absolute Gasteiger partial charge is 0.444 e. The van der Waals surface area contributed by atoms with Crippen molar-refractivity contribution >= 4 is 15.9 Å². The number of carbonyl (C=O) groups excluding carboxylic acids is 1. The van der Waals surface area contributed by atoms with E-state index in [0.717, 1.165) is 19.1 Å². The number of rotatable bonds is 4. The summed E-state index contributed by atoms with van der Waals surface area (Å²) in [7, 11) is -3.17. The Bertz CT molecular complexity index is 446. The van der Waals surface area contributed by atoms with E-state index in [1.165, 1.54) is 0 Å². The molecule has 0 bridgehead atoms. The van der Waals surface area contributed by atoms with Crippen LogP contribution in [-0.4, -0.2) is 49.4 Å². The molecule has 0 radical (unpaired) electrons. The maximum absolute atomic E-state index is 11.7. The third-order valence-electron chi connectivity index (χ3n) is 3.51. The molecule has 0 aliphatic heterocycles. The summed E-state index contributed by atoms with van der Waals surface area (Å²) in [5, 5.41) is 12.8. The van der Waals surface area contributed by atoms with Gasteiger partial charge in [0.05, 0.1) is 11.9 Å².